The first-order valence-corrected chi connectivity index (χ1v) is 17.2. The zero-order valence-corrected chi connectivity index (χ0v) is 26.9. The number of fused-ring (bicyclic) bond motifs is 12. The van der Waals surface area contributed by atoms with E-state index >= 15 is 0 Å². The van der Waals surface area contributed by atoms with Crippen LogP contribution in [0.5, 0.6) is 0 Å². The van der Waals surface area contributed by atoms with E-state index in [1.807, 2.05) is 17.4 Å². The Morgan fingerprint density at radius 1 is 0.510 bits per heavy atom. The Bertz CT molecular complexity index is 3100. The summed E-state index contributed by atoms with van der Waals surface area (Å²) in [4.78, 5) is 10.6. The van der Waals surface area contributed by atoms with Crippen LogP contribution in [0.25, 0.3) is 103 Å². The fourth-order valence-electron chi connectivity index (χ4n) is 7.71. The third-order valence-electron chi connectivity index (χ3n) is 9.81. The molecule has 228 valence electrons. The van der Waals surface area contributed by atoms with Gasteiger partial charge in [0.15, 0.2) is 5.82 Å². The lowest BCUT2D eigenvalue weighted by Gasteiger charge is -2.11. The number of hydrogen-bond acceptors (Lipinski definition) is 4. The number of para-hydroxylation sites is 3. The van der Waals surface area contributed by atoms with Gasteiger partial charge >= 0.3 is 0 Å². The van der Waals surface area contributed by atoms with E-state index in [9.17, 15) is 0 Å². The number of benzene rings is 7. The molecule has 0 unspecified atom stereocenters. The second kappa shape index (κ2) is 10.1. The topological polar surface area (TPSA) is 43.9 Å². The average molecular weight is 644 g/mol. The van der Waals surface area contributed by atoms with Crippen LogP contribution in [0.3, 0.4) is 0 Å². The molecule has 0 saturated carbocycles. The van der Waals surface area contributed by atoms with E-state index in [-0.39, 0.29) is 0 Å². The first kappa shape index (κ1) is 26.7. The fraction of sp³-hybridized carbons (Fsp3) is 0. The van der Waals surface area contributed by atoms with Gasteiger partial charge in [-0.1, -0.05) is 103 Å². The first-order chi connectivity index (χ1) is 24.3. The third-order valence-corrected chi connectivity index (χ3v) is 11.0. The molecular weight excluding hydrogens is 619 g/mol. The molecule has 4 nitrogen and oxygen atoms in total. The van der Waals surface area contributed by atoms with Crippen LogP contribution in [-0.2, 0) is 0 Å². The highest BCUT2D eigenvalue weighted by Crippen LogP contribution is 2.45. The summed E-state index contributed by atoms with van der Waals surface area (Å²) in [5.41, 5.74) is 8.88. The molecule has 0 aliphatic carbocycles. The monoisotopic (exact) mass is 643 g/mol. The first-order valence-electron chi connectivity index (χ1n) is 16.4. The van der Waals surface area contributed by atoms with Crippen LogP contribution in [0.2, 0.25) is 0 Å². The number of nitrogens with zero attached hydrogens (tertiary/aromatic N) is 3. The van der Waals surface area contributed by atoms with E-state index < -0.39 is 0 Å². The molecule has 7 aromatic carbocycles. The highest BCUT2D eigenvalue weighted by atomic mass is 32.1. The molecule has 11 rings (SSSR count). The summed E-state index contributed by atoms with van der Waals surface area (Å²) in [6.07, 6.45) is 0. The Balaban J connectivity index is 1.22. The molecule has 0 spiro atoms. The maximum absolute atomic E-state index is 6.79. The summed E-state index contributed by atoms with van der Waals surface area (Å²) < 4.78 is 11.6. The van der Waals surface area contributed by atoms with Crippen molar-refractivity contribution in [2.75, 3.05) is 0 Å². The van der Waals surface area contributed by atoms with Gasteiger partial charge in [-0.25, -0.2) is 9.97 Å². The van der Waals surface area contributed by atoms with Gasteiger partial charge in [-0.2, -0.15) is 0 Å². The number of furan rings is 1. The van der Waals surface area contributed by atoms with Crippen molar-refractivity contribution in [3.8, 4) is 28.3 Å². The van der Waals surface area contributed by atoms with Gasteiger partial charge in [0.1, 0.15) is 11.2 Å². The quantitative estimate of drug-likeness (QED) is 0.192. The molecule has 0 N–H and O–H groups in total. The van der Waals surface area contributed by atoms with E-state index in [1.54, 1.807) is 0 Å². The SMILES string of the molecule is c1ccc(-c2nc(-c3cccc4c3oc3ccc5c(c6ccccc6n5-c5ccccc5)c34)nc3ccc4c5ccccc5sc4c23)cc1. The van der Waals surface area contributed by atoms with Crippen molar-refractivity contribution < 1.29 is 4.42 Å². The summed E-state index contributed by atoms with van der Waals surface area (Å²) in [6.45, 7) is 0. The molecule has 0 fully saturated rings. The predicted molar refractivity (Wildman–Crippen MR) is 205 cm³/mol. The third kappa shape index (κ3) is 3.79. The minimum absolute atomic E-state index is 0.652. The molecule has 4 aromatic heterocycles. The fourth-order valence-corrected chi connectivity index (χ4v) is 8.95. The maximum atomic E-state index is 6.79. The molecule has 11 aromatic rings. The molecule has 49 heavy (non-hydrogen) atoms. The van der Waals surface area contributed by atoms with Crippen molar-refractivity contribution in [3.63, 3.8) is 0 Å². The Hall–Kier alpha value is -6.30. The van der Waals surface area contributed by atoms with Crippen LogP contribution in [0.4, 0.5) is 0 Å². The van der Waals surface area contributed by atoms with E-state index in [1.165, 1.54) is 36.5 Å². The molecule has 0 aliphatic heterocycles. The van der Waals surface area contributed by atoms with Crippen LogP contribution in [-0.4, -0.2) is 14.5 Å². The van der Waals surface area contributed by atoms with Crippen LogP contribution in [0, 0.1) is 0 Å². The van der Waals surface area contributed by atoms with Crippen LogP contribution < -0.4 is 0 Å². The van der Waals surface area contributed by atoms with E-state index in [2.05, 4.69) is 150 Å². The molecule has 4 heterocycles. The molecule has 0 saturated heterocycles. The zero-order chi connectivity index (χ0) is 32.1. The summed E-state index contributed by atoms with van der Waals surface area (Å²) in [5.74, 6) is 0.652. The second-order valence-corrected chi connectivity index (χ2v) is 13.6. The molecule has 0 radical (unpaired) electrons. The normalized spacial score (nSPS) is 12.1. The zero-order valence-electron chi connectivity index (χ0n) is 26.1. The molecule has 0 aliphatic rings. The molecule has 5 heteroatoms. The highest BCUT2D eigenvalue weighted by molar-refractivity contribution is 7.26. The summed E-state index contributed by atoms with van der Waals surface area (Å²) in [5, 5.41) is 8.13. The molecule has 0 bridgehead atoms. The predicted octanol–water partition coefficient (Wildman–Crippen LogP) is 12.3. The highest BCUT2D eigenvalue weighted by Gasteiger charge is 2.22. The van der Waals surface area contributed by atoms with Gasteiger partial charge in [0.2, 0.25) is 0 Å². The van der Waals surface area contributed by atoms with Crippen LogP contribution >= 0.6 is 11.3 Å². The lowest BCUT2D eigenvalue weighted by molar-refractivity contribution is 0.670. The van der Waals surface area contributed by atoms with Crippen molar-refractivity contribution >= 4 is 86.2 Å². The van der Waals surface area contributed by atoms with Crippen molar-refractivity contribution in [2.45, 2.75) is 0 Å². The van der Waals surface area contributed by atoms with E-state index in [0.29, 0.717) is 5.82 Å². The summed E-state index contributed by atoms with van der Waals surface area (Å²) in [6, 6.07) is 53.3. The average Bonchev–Trinajstić information content (AvgIpc) is 3.84. The second-order valence-electron chi connectivity index (χ2n) is 12.5. The van der Waals surface area contributed by atoms with Crippen molar-refractivity contribution in [2.24, 2.45) is 0 Å². The maximum Gasteiger partial charge on any atom is 0.164 e. The summed E-state index contributed by atoms with van der Waals surface area (Å²) in [7, 11) is 0. The van der Waals surface area contributed by atoms with Crippen LogP contribution in [0.15, 0.2) is 156 Å². The standard InChI is InChI=1S/C44H25N3OS/c1-3-12-26(13-4-1)41-40-33(23-22-29-28-16-8-10-21-37(28)49-43(29)40)45-44(46-41)32-19-11-18-31-39-36(48-42(31)32)25-24-35-38(39)30-17-7-9-20-34(30)47(35)27-14-5-2-6-15-27/h1-25H. The van der Waals surface area contributed by atoms with Crippen molar-refractivity contribution in [1.82, 2.24) is 14.5 Å². The minimum atomic E-state index is 0.652. The summed E-state index contributed by atoms with van der Waals surface area (Å²) >= 11 is 1.81. The Morgan fingerprint density at radius 2 is 1.27 bits per heavy atom. The molecule has 0 atom stereocenters. The number of thiophene rings is 1. The van der Waals surface area contributed by atoms with Gasteiger partial charge in [0.05, 0.1) is 27.8 Å². The smallest absolute Gasteiger partial charge is 0.164 e. The van der Waals surface area contributed by atoms with Gasteiger partial charge < -0.3 is 8.98 Å². The van der Waals surface area contributed by atoms with Crippen molar-refractivity contribution in [1.29, 1.82) is 0 Å². The minimum Gasteiger partial charge on any atom is -0.455 e. The Kier molecular flexibility index (Phi) is 5.51. The lowest BCUT2D eigenvalue weighted by atomic mass is 10.0. The van der Waals surface area contributed by atoms with Gasteiger partial charge in [-0.15, -0.1) is 11.3 Å². The van der Waals surface area contributed by atoms with Gasteiger partial charge in [-0.3, -0.25) is 0 Å². The van der Waals surface area contributed by atoms with Gasteiger partial charge in [-0.05, 0) is 48.5 Å². The van der Waals surface area contributed by atoms with E-state index in [0.717, 1.165) is 60.9 Å². The molecule has 0 amide bonds. The number of rotatable bonds is 3. The van der Waals surface area contributed by atoms with E-state index in [4.69, 9.17) is 14.4 Å². The molecular formula is C44H25N3OS. The lowest BCUT2D eigenvalue weighted by Crippen LogP contribution is -1.95. The largest absolute Gasteiger partial charge is 0.455 e. The van der Waals surface area contributed by atoms with Gasteiger partial charge in [0, 0.05) is 58.4 Å². The Labute approximate surface area is 284 Å². The number of hydrogen-bond donors (Lipinski definition) is 0. The van der Waals surface area contributed by atoms with Crippen molar-refractivity contribution in [3.05, 3.63) is 152 Å². The number of aromatic nitrogens is 3. The van der Waals surface area contributed by atoms with Crippen LogP contribution in [0.1, 0.15) is 0 Å². The Morgan fingerprint density at radius 3 is 2.14 bits per heavy atom. The van der Waals surface area contributed by atoms with Gasteiger partial charge in [0.25, 0.3) is 0 Å².